The number of piperazine rings is 1. The molecule has 1 aromatic carbocycles. The molecule has 0 amide bonds. The van der Waals surface area contributed by atoms with E-state index in [4.69, 9.17) is 11.6 Å². The number of sulfonamides is 1. The van der Waals surface area contributed by atoms with Gasteiger partial charge in [-0.05, 0) is 38.1 Å². The smallest absolute Gasteiger partial charge is 0.243 e. The topological polar surface area (TPSA) is 40.6 Å². The minimum absolute atomic E-state index is 0.104. The molecule has 0 saturated carbocycles. The lowest BCUT2D eigenvalue weighted by atomic mass is 10.2. The average molecular weight is 301 g/mol. The third-order valence-electron chi connectivity index (χ3n) is 3.97. The van der Waals surface area contributed by atoms with Gasteiger partial charge in [-0.15, -0.1) is 0 Å². The van der Waals surface area contributed by atoms with Crippen LogP contribution in [-0.4, -0.2) is 49.8 Å². The molecule has 104 valence electrons. The average Bonchev–Trinajstić information content (AvgIpc) is 2.63. The van der Waals surface area contributed by atoms with Gasteiger partial charge < -0.3 is 4.90 Å². The summed E-state index contributed by atoms with van der Waals surface area (Å²) in [7, 11) is -1.37. The monoisotopic (exact) mass is 300 g/mol. The van der Waals surface area contributed by atoms with E-state index in [1.165, 1.54) is 6.07 Å². The number of rotatable bonds is 2. The Kier molecular flexibility index (Phi) is 3.33. The normalized spacial score (nSPS) is 28.7. The van der Waals surface area contributed by atoms with Crippen molar-refractivity contribution in [3.8, 4) is 0 Å². The van der Waals surface area contributed by atoms with Gasteiger partial charge in [0.25, 0.3) is 0 Å². The molecule has 0 N–H and O–H groups in total. The zero-order valence-corrected chi connectivity index (χ0v) is 12.4. The molecular formula is C13H17ClN2O2S. The maximum atomic E-state index is 12.8. The fourth-order valence-corrected chi connectivity index (χ4v) is 5.37. The van der Waals surface area contributed by atoms with E-state index in [1.54, 1.807) is 22.5 Å². The zero-order valence-electron chi connectivity index (χ0n) is 10.8. The van der Waals surface area contributed by atoms with Crippen molar-refractivity contribution < 1.29 is 8.42 Å². The van der Waals surface area contributed by atoms with Gasteiger partial charge in [0.05, 0.1) is 4.90 Å². The summed E-state index contributed by atoms with van der Waals surface area (Å²) in [6, 6.07) is 6.75. The number of hydrogen-bond acceptors (Lipinski definition) is 3. The molecule has 0 aliphatic carbocycles. The van der Waals surface area contributed by atoms with Gasteiger partial charge in [0.1, 0.15) is 0 Å². The van der Waals surface area contributed by atoms with Crippen LogP contribution in [0.2, 0.25) is 5.02 Å². The number of halogens is 1. The van der Waals surface area contributed by atoms with Gasteiger partial charge in [0.2, 0.25) is 10.0 Å². The lowest BCUT2D eigenvalue weighted by Gasteiger charge is -2.38. The van der Waals surface area contributed by atoms with Gasteiger partial charge in [0, 0.05) is 30.2 Å². The molecule has 2 fully saturated rings. The van der Waals surface area contributed by atoms with Crippen molar-refractivity contribution in [2.24, 2.45) is 0 Å². The van der Waals surface area contributed by atoms with E-state index >= 15 is 0 Å². The van der Waals surface area contributed by atoms with E-state index in [0.29, 0.717) is 9.92 Å². The second-order valence-electron chi connectivity index (χ2n) is 5.40. The first-order valence-electron chi connectivity index (χ1n) is 6.46. The van der Waals surface area contributed by atoms with E-state index < -0.39 is 10.0 Å². The summed E-state index contributed by atoms with van der Waals surface area (Å²) in [5, 5.41) is 0.461. The Hall–Kier alpha value is -0.620. The summed E-state index contributed by atoms with van der Waals surface area (Å²) < 4.78 is 27.2. The summed E-state index contributed by atoms with van der Waals surface area (Å²) in [5.74, 6) is 0. The van der Waals surface area contributed by atoms with Crippen LogP contribution < -0.4 is 0 Å². The highest BCUT2D eigenvalue weighted by molar-refractivity contribution is 7.89. The predicted octanol–water partition coefficient (Wildman–Crippen LogP) is 1.81. The highest BCUT2D eigenvalue weighted by atomic mass is 35.5. The second kappa shape index (κ2) is 4.74. The molecule has 19 heavy (non-hydrogen) atoms. The summed E-state index contributed by atoms with van der Waals surface area (Å²) >= 11 is 5.91. The number of fused-ring (bicyclic) bond motifs is 2. The van der Waals surface area contributed by atoms with Gasteiger partial charge in [-0.1, -0.05) is 17.7 Å². The van der Waals surface area contributed by atoms with E-state index in [0.717, 1.165) is 25.9 Å². The Morgan fingerprint density at radius 1 is 1.21 bits per heavy atom. The van der Waals surface area contributed by atoms with Crippen LogP contribution in [-0.2, 0) is 10.0 Å². The summed E-state index contributed by atoms with van der Waals surface area (Å²) in [6.45, 7) is 1.63. The van der Waals surface area contributed by atoms with Crippen LogP contribution in [0.4, 0.5) is 0 Å². The molecule has 0 radical (unpaired) electrons. The third kappa shape index (κ3) is 2.29. The molecule has 4 nitrogen and oxygen atoms in total. The van der Waals surface area contributed by atoms with Gasteiger partial charge in [0.15, 0.2) is 0 Å². The first-order chi connectivity index (χ1) is 8.98. The van der Waals surface area contributed by atoms with E-state index in [-0.39, 0.29) is 12.1 Å². The van der Waals surface area contributed by atoms with Crippen LogP contribution in [0.1, 0.15) is 12.8 Å². The first kappa shape index (κ1) is 13.4. The Morgan fingerprint density at radius 2 is 1.84 bits per heavy atom. The number of nitrogens with zero attached hydrogens (tertiary/aromatic N) is 2. The number of hydrogen-bond donors (Lipinski definition) is 0. The van der Waals surface area contributed by atoms with Crippen molar-refractivity contribution in [2.45, 2.75) is 29.8 Å². The van der Waals surface area contributed by atoms with Crippen molar-refractivity contribution >= 4 is 21.6 Å². The largest absolute Gasteiger partial charge is 0.303 e. The maximum absolute atomic E-state index is 12.8. The molecule has 2 atom stereocenters. The molecule has 1 aromatic rings. The van der Waals surface area contributed by atoms with Crippen LogP contribution in [0.5, 0.6) is 0 Å². The molecule has 0 spiro atoms. The molecule has 6 heteroatoms. The maximum Gasteiger partial charge on any atom is 0.243 e. The van der Waals surface area contributed by atoms with Crippen LogP contribution in [0, 0.1) is 0 Å². The number of likely N-dealkylation sites (tertiary alicyclic amines) is 1. The summed E-state index contributed by atoms with van der Waals surface area (Å²) in [4.78, 5) is 2.52. The van der Waals surface area contributed by atoms with Gasteiger partial charge in [-0.2, -0.15) is 4.31 Å². The minimum Gasteiger partial charge on any atom is -0.303 e. The lowest BCUT2D eigenvalue weighted by molar-refractivity contribution is 0.154. The van der Waals surface area contributed by atoms with Crippen molar-refractivity contribution in [3.63, 3.8) is 0 Å². The number of benzene rings is 1. The molecule has 2 saturated heterocycles. The molecule has 2 unspecified atom stereocenters. The third-order valence-corrected chi connectivity index (χ3v) is 6.21. The van der Waals surface area contributed by atoms with Crippen LogP contribution in [0.3, 0.4) is 0 Å². The van der Waals surface area contributed by atoms with E-state index in [9.17, 15) is 8.42 Å². The van der Waals surface area contributed by atoms with E-state index in [2.05, 4.69) is 11.9 Å². The van der Waals surface area contributed by atoms with Crippen molar-refractivity contribution in [1.82, 2.24) is 9.21 Å². The SMILES string of the molecule is CN1CC2CCC(C1)N2S(=O)(=O)c1cccc(Cl)c1. The Labute approximate surface area is 119 Å². The lowest BCUT2D eigenvalue weighted by Crippen LogP contribution is -2.54. The minimum atomic E-state index is -3.42. The summed E-state index contributed by atoms with van der Waals surface area (Å²) in [5.41, 5.74) is 0. The Bertz CT molecular complexity index is 576. The van der Waals surface area contributed by atoms with Crippen LogP contribution in [0.25, 0.3) is 0 Å². The summed E-state index contributed by atoms with van der Waals surface area (Å²) in [6.07, 6.45) is 1.91. The van der Waals surface area contributed by atoms with Crippen molar-refractivity contribution in [3.05, 3.63) is 29.3 Å². The van der Waals surface area contributed by atoms with Crippen molar-refractivity contribution in [2.75, 3.05) is 20.1 Å². The standard InChI is InChI=1S/C13H17ClN2O2S/c1-15-8-11-5-6-12(9-15)16(11)19(17,18)13-4-2-3-10(14)7-13/h2-4,7,11-12H,5-6,8-9H2,1H3. The molecular weight excluding hydrogens is 284 g/mol. The zero-order chi connectivity index (χ0) is 13.6. The van der Waals surface area contributed by atoms with Crippen LogP contribution in [0.15, 0.2) is 29.2 Å². The first-order valence-corrected chi connectivity index (χ1v) is 8.28. The van der Waals surface area contributed by atoms with Crippen molar-refractivity contribution in [1.29, 1.82) is 0 Å². The second-order valence-corrected chi connectivity index (χ2v) is 7.68. The molecule has 2 aliphatic heterocycles. The molecule has 2 aliphatic rings. The highest BCUT2D eigenvalue weighted by Crippen LogP contribution is 2.35. The van der Waals surface area contributed by atoms with Crippen LogP contribution >= 0.6 is 11.6 Å². The molecule has 3 rings (SSSR count). The van der Waals surface area contributed by atoms with Gasteiger partial charge in [-0.25, -0.2) is 8.42 Å². The van der Waals surface area contributed by atoms with Gasteiger partial charge >= 0.3 is 0 Å². The Morgan fingerprint density at radius 3 is 2.42 bits per heavy atom. The highest BCUT2D eigenvalue weighted by Gasteiger charge is 2.45. The van der Waals surface area contributed by atoms with Gasteiger partial charge in [-0.3, -0.25) is 0 Å². The van der Waals surface area contributed by atoms with E-state index in [1.807, 2.05) is 0 Å². The number of likely N-dealkylation sites (N-methyl/N-ethyl adjacent to an activating group) is 1. The Balaban J connectivity index is 1.98. The predicted molar refractivity (Wildman–Crippen MR) is 74.8 cm³/mol. The molecule has 2 heterocycles. The fraction of sp³-hybridized carbons (Fsp3) is 0.538. The molecule has 0 aromatic heterocycles. The molecule has 2 bridgehead atoms. The quantitative estimate of drug-likeness (QED) is 0.836. The fourth-order valence-electron chi connectivity index (χ4n) is 3.22.